The first-order chi connectivity index (χ1) is 9.59. The van der Waals surface area contributed by atoms with E-state index in [0.29, 0.717) is 17.9 Å². The molecule has 2 rings (SSSR count). The van der Waals surface area contributed by atoms with Gasteiger partial charge in [0, 0.05) is 24.5 Å². The highest BCUT2D eigenvalue weighted by Gasteiger charge is 2.20. The van der Waals surface area contributed by atoms with Gasteiger partial charge in [0.25, 0.3) is 5.91 Å². The van der Waals surface area contributed by atoms with Gasteiger partial charge in [0.15, 0.2) is 0 Å². The first-order valence-electron chi connectivity index (χ1n) is 6.65. The summed E-state index contributed by atoms with van der Waals surface area (Å²) in [4.78, 5) is 18.4. The summed E-state index contributed by atoms with van der Waals surface area (Å²) in [5.74, 6) is -0.0798. The number of nitrogens with two attached hydrogens (primary N) is 1. The Morgan fingerprint density at radius 3 is 2.50 bits per heavy atom. The summed E-state index contributed by atoms with van der Waals surface area (Å²) in [6.45, 7) is 4.46. The van der Waals surface area contributed by atoms with Crippen LogP contribution in [-0.4, -0.2) is 21.8 Å². The van der Waals surface area contributed by atoms with Crippen LogP contribution < -0.4 is 5.73 Å². The second kappa shape index (κ2) is 6.19. The van der Waals surface area contributed by atoms with Crippen molar-refractivity contribution in [3.63, 3.8) is 0 Å². The third-order valence-corrected chi connectivity index (χ3v) is 3.16. The zero-order valence-electron chi connectivity index (χ0n) is 11.8. The van der Waals surface area contributed by atoms with Gasteiger partial charge in [0.05, 0.1) is 0 Å². The van der Waals surface area contributed by atoms with E-state index >= 15 is 0 Å². The van der Waals surface area contributed by atoms with E-state index < -0.39 is 0 Å². The van der Waals surface area contributed by atoms with Crippen LogP contribution in [0.25, 0.3) is 0 Å². The molecule has 104 valence electrons. The molecule has 0 aliphatic rings. The SMILES string of the molecule is CC(C)N(Cc1ccccc1N)C(=O)c1ccccn1. The van der Waals surface area contributed by atoms with Crippen LogP contribution in [0.2, 0.25) is 0 Å². The van der Waals surface area contributed by atoms with Gasteiger partial charge in [-0.3, -0.25) is 9.78 Å². The van der Waals surface area contributed by atoms with Crippen molar-refractivity contribution in [1.29, 1.82) is 0 Å². The Labute approximate surface area is 119 Å². The fraction of sp³-hybridized carbons (Fsp3) is 0.250. The summed E-state index contributed by atoms with van der Waals surface area (Å²) in [5.41, 5.74) is 8.06. The van der Waals surface area contributed by atoms with E-state index in [2.05, 4.69) is 4.98 Å². The van der Waals surface area contributed by atoms with Gasteiger partial charge in [-0.25, -0.2) is 0 Å². The number of para-hydroxylation sites is 1. The van der Waals surface area contributed by atoms with E-state index in [9.17, 15) is 4.79 Å². The first kappa shape index (κ1) is 14.1. The molecule has 0 saturated carbocycles. The summed E-state index contributed by atoms with van der Waals surface area (Å²) in [6, 6.07) is 13.0. The molecule has 0 aliphatic carbocycles. The van der Waals surface area contributed by atoms with Gasteiger partial charge in [-0.1, -0.05) is 24.3 Å². The highest BCUT2D eigenvalue weighted by molar-refractivity contribution is 5.92. The highest BCUT2D eigenvalue weighted by atomic mass is 16.2. The normalized spacial score (nSPS) is 10.6. The Kier molecular flexibility index (Phi) is 4.35. The van der Waals surface area contributed by atoms with Crippen molar-refractivity contribution in [1.82, 2.24) is 9.88 Å². The van der Waals surface area contributed by atoms with Crippen LogP contribution in [0.4, 0.5) is 5.69 Å². The number of rotatable bonds is 4. The Bertz CT molecular complexity index is 581. The minimum Gasteiger partial charge on any atom is -0.398 e. The van der Waals surface area contributed by atoms with Crippen LogP contribution in [0, 0.1) is 0 Å². The molecule has 4 heteroatoms. The second-order valence-electron chi connectivity index (χ2n) is 4.94. The quantitative estimate of drug-likeness (QED) is 0.868. The largest absolute Gasteiger partial charge is 0.398 e. The average molecular weight is 269 g/mol. The molecule has 0 aliphatic heterocycles. The van der Waals surface area contributed by atoms with Crippen molar-refractivity contribution in [2.75, 3.05) is 5.73 Å². The van der Waals surface area contributed by atoms with E-state index in [-0.39, 0.29) is 11.9 Å². The molecule has 1 heterocycles. The minimum absolute atomic E-state index is 0.0733. The molecule has 20 heavy (non-hydrogen) atoms. The zero-order valence-corrected chi connectivity index (χ0v) is 11.8. The van der Waals surface area contributed by atoms with Gasteiger partial charge >= 0.3 is 0 Å². The lowest BCUT2D eigenvalue weighted by Crippen LogP contribution is -2.37. The van der Waals surface area contributed by atoms with Crippen molar-refractivity contribution in [3.8, 4) is 0 Å². The van der Waals surface area contributed by atoms with Crippen molar-refractivity contribution >= 4 is 11.6 Å². The van der Waals surface area contributed by atoms with Gasteiger partial charge in [-0.05, 0) is 37.6 Å². The molecule has 4 nitrogen and oxygen atoms in total. The molecule has 1 amide bonds. The van der Waals surface area contributed by atoms with Crippen LogP contribution in [0.1, 0.15) is 29.9 Å². The van der Waals surface area contributed by atoms with Gasteiger partial charge in [-0.2, -0.15) is 0 Å². The number of nitrogen functional groups attached to an aromatic ring is 1. The lowest BCUT2D eigenvalue weighted by atomic mass is 10.1. The van der Waals surface area contributed by atoms with Gasteiger partial charge in [0.2, 0.25) is 0 Å². The fourth-order valence-corrected chi connectivity index (χ4v) is 1.99. The number of anilines is 1. The Hall–Kier alpha value is -2.36. The molecule has 0 bridgehead atoms. The lowest BCUT2D eigenvalue weighted by Gasteiger charge is -2.27. The number of amides is 1. The lowest BCUT2D eigenvalue weighted by molar-refractivity contribution is 0.0685. The molecule has 0 radical (unpaired) electrons. The third-order valence-electron chi connectivity index (χ3n) is 3.16. The second-order valence-corrected chi connectivity index (χ2v) is 4.94. The van der Waals surface area contributed by atoms with Crippen molar-refractivity contribution < 1.29 is 4.79 Å². The van der Waals surface area contributed by atoms with Crippen LogP contribution in [-0.2, 0) is 6.54 Å². The van der Waals surface area contributed by atoms with Crippen molar-refractivity contribution in [2.24, 2.45) is 0 Å². The Morgan fingerprint density at radius 1 is 1.20 bits per heavy atom. The number of hydrogen-bond donors (Lipinski definition) is 1. The smallest absolute Gasteiger partial charge is 0.272 e. The van der Waals surface area contributed by atoms with Crippen molar-refractivity contribution in [3.05, 3.63) is 59.9 Å². The maximum atomic E-state index is 12.5. The van der Waals surface area contributed by atoms with Gasteiger partial charge < -0.3 is 10.6 Å². The molecule has 0 unspecified atom stereocenters. The average Bonchev–Trinajstić information content (AvgIpc) is 2.46. The van der Waals surface area contributed by atoms with Crippen LogP contribution in [0.5, 0.6) is 0 Å². The van der Waals surface area contributed by atoms with E-state index in [1.807, 2.05) is 44.2 Å². The minimum atomic E-state index is -0.0798. The molecule has 1 aromatic carbocycles. The predicted molar refractivity (Wildman–Crippen MR) is 80.1 cm³/mol. The molecule has 0 saturated heterocycles. The predicted octanol–water partition coefficient (Wildman–Crippen LogP) is 2.71. The maximum absolute atomic E-state index is 12.5. The van der Waals surface area contributed by atoms with E-state index in [0.717, 1.165) is 5.56 Å². The summed E-state index contributed by atoms with van der Waals surface area (Å²) in [6.07, 6.45) is 1.63. The first-order valence-corrected chi connectivity index (χ1v) is 6.65. The molecule has 1 aromatic heterocycles. The fourth-order valence-electron chi connectivity index (χ4n) is 1.99. The number of hydrogen-bond acceptors (Lipinski definition) is 3. The number of carbonyl (C=O) groups is 1. The number of pyridine rings is 1. The third kappa shape index (κ3) is 3.15. The monoisotopic (exact) mass is 269 g/mol. The molecule has 0 fully saturated rings. The van der Waals surface area contributed by atoms with E-state index in [4.69, 9.17) is 5.73 Å². The Balaban J connectivity index is 2.24. The summed E-state index contributed by atoms with van der Waals surface area (Å²) in [5, 5.41) is 0. The zero-order chi connectivity index (χ0) is 14.5. The number of aromatic nitrogens is 1. The van der Waals surface area contributed by atoms with Gasteiger partial charge in [-0.15, -0.1) is 0 Å². The number of benzene rings is 1. The highest BCUT2D eigenvalue weighted by Crippen LogP contribution is 2.17. The van der Waals surface area contributed by atoms with E-state index in [1.165, 1.54) is 0 Å². The molecule has 2 N–H and O–H groups in total. The topological polar surface area (TPSA) is 59.2 Å². The van der Waals surface area contributed by atoms with Crippen molar-refractivity contribution in [2.45, 2.75) is 26.4 Å². The van der Waals surface area contributed by atoms with Crippen LogP contribution in [0.3, 0.4) is 0 Å². The number of carbonyl (C=O) groups excluding carboxylic acids is 1. The summed E-state index contributed by atoms with van der Waals surface area (Å²) in [7, 11) is 0. The molecule has 0 atom stereocenters. The van der Waals surface area contributed by atoms with Crippen LogP contribution >= 0.6 is 0 Å². The van der Waals surface area contributed by atoms with Gasteiger partial charge in [0.1, 0.15) is 5.69 Å². The molecule has 0 spiro atoms. The number of nitrogens with zero attached hydrogens (tertiary/aromatic N) is 2. The molecular formula is C16H19N3O. The van der Waals surface area contributed by atoms with Crippen LogP contribution in [0.15, 0.2) is 48.7 Å². The molecule has 2 aromatic rings. The molecular weight excluding hydrogens is 250 g/mol. The maximum Gasteiger partial charge on any atom is 0.272 e. The summed E-state index contributed by atoms with van der Waals surface area (Å²) >= 11 is 0. The van der Waals surface area contributed by atoms with E-state index in [1.54, 1.807) is 23.2 Å². The standard InChI is InChI=1S/C16H19N3O/c1-12(2)19(11-13-7-3-4-8-14(13)17)16(20)15-9-5-6-10-18-15/h3-10,12H,11,17H2,1-2H3. The summed E-state index contributed by atoms with van der Waals surface area (Å²) < 4.78 is 0. The Morgan fingerprint density at radius 2 is 1.90 bits per heavy atom.